The van der Waals surface area contributed by atoms with Gasteiger partial charge in [0, 0.05) is 31.6 Å². The van der Waals surface area contributed by atoms with Crippen LogP contribution in [0.1, 0.15) is 22.7 Å². The minimum absolute atomic E-state index is 0.140. The van der Waals surface area contributed by atoms with Crippen LogP contribution >= 0.6 is 0 Å². The van der Waals surface area contributed by atoms with Crippen LogP contribution < -0.4 is 5.73 Å². The summed E-state index contributed by atoms with van der Waals surface area (Å²) in [5.41, 5.74) is 10.1. The zero-order valence-corrected chi connectivity index (χ0v) is 9.87. The standard InChI is InChI=1S/C13H16N4/c1-17-8-10(15-16-17)7-13(14)12-6-9-4-2-3-5-11(9)12/h2-5,8,12-13H,6-7,14H2,1H3. The molecule has 0 aliphatic heterocycles. The second-order valence-corrected chi connectivity index (χ2v) is 4.76. The molecular weight excluding hydrogens is 212 g/mol. The SMILES string of the molecule is Cn1cc(CC(N)C2Cc3ccccc32)nn1. The van der Waals surface area contributed by atoms with Crippen LogP contribution in [0.15, 0.2) is 30.5 Å². The largest absolute Gasteiger partial charge is 0.327 e. The highest BCUT2D eigenvalue weighted by Gasteiger charge is 2.30. The van der Waals surface area contributed by atoms with Gasteiger partial charge in [0.25, 0.3) is 0 Å². The summed E-state index contributed by atoms with van der Waals surface area (Å²) >= 11 is 0. The molecule has 4 nitrogen and oxygen atoms in total. The molecule has 2 unspecified atom stereocenters. The second kappa shape index (κ2) is 3.96. The van der Waals surface area contributed by atoms with Crippen LogP contribution in [0.3, 0.4) is 0 Å². The summed E-state index contributed by atoms with van der Waals surface area (Å²) in [7, 11) is 1.88. The van der Waals surface area contributed by atoms with E-state index in [4.69, 9.17) is 5.73 Å². The molecule has 2 atom stereocenters. The lowest BCUT2D eigenvalue weighted by molar-refractivity contribution is 0.477. The van der Waals surface area contributed by atoms with Crippen LogP contribution in [0, 0.1) is 0 Å². The van der Waals surface area contributed by atoms with E-state index < -0.39 is 0 Å². The van der Waals surface area contributed by atoms with Crippen molar-refractivity contribution >= 4 is 0 Å². The number of nitrogens with zero attached hydrogens (tertiary/aromatic N) is 3. The van der Waals surface area contributed by atoms with Crippen molar-refractivity contribution in [3.05, 3.63) is 47.3 Å². The van der Waals surface area contributed by atoms with E-state index in [-0.39, 0.29) is 6.04 Å². The topological polar surface area (TPSA) is 56.7 Å². The molecule has 1 aromatic heterocycles. The first-order valence-corrected chi connectivity index (χ1v) is 5.92. The molecule has 1 aromatic carbocycles. The molecule has 0 saturated heterocycles. The molecule has 2 N–H and O–H groups in total. The van der Waals surface area contributed by atoms with Crippen LogP contribution in [0.5, 0.6) is 0 Å². The van der Waals surface area contributed by atoms with Crippen LogP contribution in [0.4, 0.5) is 0 Å². The highest BCUT2D eigenvalue weighted by molar-refractivity contribution is 5.41. The molecule has 88 valence electrons. The van der Waals surface area contributed by atoms with E-state index in [2.05, 4.69) is 34.6 Å². The van der Waals surface area contributed by atoms with Gasteiger partial charge in [-0.1, -0.05) is 29.5 Å². The highest BCUT2D eigenvalue weighted by Crippen LogP contribution is 2.37. The Hall–Kier alpha value is -1.68. The van der Waals surface area contributed by atoms with Gasteiger partial charge in [-0.25, -0.2) is 0 Å². The summed E-state index contributed by atoms with van der Waals surface area (Å²) in [6.45, 7) is 0. The third kappa shape index (κ3) is 1.85. The van der Waals surface area contributed by atoms with Crippen molar-refractivity contribution in [1.29, 1.82) is 0 Å². The summed E-state index contributed by atoms with van der Waals surface area (Å²) in [4.78, 5) is 0. The fourth-order valence-electron chi connectivity index (χ4n) is 2.55. The van der Waals surface area contributed by atoms with Crippen molar-refractivity contribution in [2.24, 2.45) is 12.8 Å². The van der Waals surface area contributed by atoms with Gasteiger partial charge in [0.05, 0.1) is 5.69 Å². The molecular formula is C13H16N4. The molecule has 1 heterocycles. The maximum Gasteiger partial charge on any atom is 0.0842 e. The van der Waals surface area contributed by atoms with E-state index in [9.17, 15) is 0 Å². The third-order valence-electron chi connectivity index (χ3n) is 3.51. The molecule has 0 spiro atoms. The van der Waals surface area contributed by atoms with E-state index in [0.717, 1.165) is 18.5 Å². The fraction of sp³-hybridized carbons (Fsp3) is 0.385. The number of aromatic nitrogens is 3. The molecule has 17 heavy (non-hydrogen) atoms. The van der Waals surface area contributed by atoms with Gasteiger partial charge in [-0.3, -0.25) is 4.68 Å². The minimum Gasteiger partial charge on any atom is -0.327 e. The molecule has 4 heteroatoms. The van der Waals surface area contributed by atoms with Gasteiger partial charge in [0.15, 0.2) is 0 Å². The predicted molar refractivity (Wildman–Crippen MR) is 65.6 cm³/mol. The number of hydrogen-bond donors (Lipinski definition) is 1. The lowest BCUT2D eigenvalue weighted by Gasteiger charge is -2.34. The van der Waals surface area contributed by atoms with Crippen LogP contribution in [-0.2, 0) is 19.9 Å². The van der Waals surface area contributed by atoms with Crippen molar-refractivity contribution in [2.45, 2.75) is 24.8 Å². The first-order valence-electron chi connectivity index (χ1n) is 5.92. The van der Waals surface area contributed by atoms with Gasteiger partial charge in [0.1, 0.15) is 0 Å². The Balaban J connectivity index is 1.71. The number of benzene rings is 1. The Kier molecular flexibility index (Phi) is 2.44. The predicted octanol–water partition coefficient (Wildman–Crippen LogP) is 1.02. The third-order valence-corrected chi connectivity index (χ3v) is 3.51. The smallest absolute Gasteiger partial charge is 0.0842 e. The highest BCUT2D eigenvalue weighted by atomic mass is 15.4. The number of aryl methyl sites for hydroxylation is 1. The molecule has 2 aromatic rings. The van der Waals surface area contributed by atoms with Crippen molar-refractivity contribution < 1.29 is 0 Å². The van der Waals surface area contributed by atoms with Crippen molar-refractivity contribution in [3.8, 4) is 0 Å². The zero-order chi connectivity index (χ0) is 11.8. The van der Waals surface area contributed by atoms with Gasteiger partial charge >= 0.3 is 0 Å². The lowest BCUT2D eigenvalue weighted by Crippen LogP contribution is -2.37. The summed E-state index contributed by atoms with van der Waals surface area (Å²) in [6.07, 6.45) is 3.83. The average Bonchev–Trinajstić information content (AvgIpc) is 2.66. The number of fused-ring (bicyclic) bond motifs is 1. The number of rotatable bonds is 3. The zero-order valence-electron chi connectivity index (χ0n) is 9.87. The number of hydrogen-bond acceptors (Lipinski definition) is 3. The molecule has 0 radical (unpaired) electrons. The molecule has 0 saturated carbocycles. The minimum atomic E-state index is 0.140. The summed E-state index contributed by atoms with van der Waals surface area (Å²) in [5, 5.41) is 8.01. The summed E-state index contributed by atoms with van der Waals surface area (Å²) in [5.74, 6) is 0.480. The Bertz CT molecular complexity index is 532. The Morgan fingerprint density at radius 2 is 2.29 bits per heavy atom. The van der Waals surface area contributed by atoms with Crippen molar-refractivity contribution in [3.63, 3.8) is 0 Å². The Morgan fingerprint density at radius 1 is 1.47 bits per heavy atom. The van der Waals surface area contributed by atoms with E-state index in [1.165, 1.54) is 11.1 Å². The number of nitrogens with two attached hydrogens (primary N) is 1. The summed E-state index contributed by atoms with van der Waals surface area (Å²) < 4.78 is 1.72. The van der Waals surface area contributed by atoms with Gasteiger partial charge in [-0.15, -0.1) is 5.10 Å². The first kappa shape index (κ1) is 10.5. The van der Waals surface area contributed by atoms with E-state index in [1.807, 2.05) is 13.2 Å². The molecule has 1 aliphatic rings. The quantitative estimate of drug-likeness (QED) is 0.853. The van der Waals surface area contributed by atoms with Gasteiger partial charge in [0.2, 0.25) is 0 Å². The van der Waals surface area contributed by atoms with E-state index in [1.54, 1.807) is 4.68 Å². The lowest BCUT2D eigenvalue weighted by atomic mass is 9.73. The monoisotopic (exact) mass is 228 g/mol. The average molecular weight is 228 g/mol. The Labute approximate surface area is 100 Å². The second-order valence-electron chi connectivity index (χ2n) is 4.76. The molecule has 0 amide bonds. The summed E-state index contributed by atoms with van der Waals surface area (Å²) in [6, 6.07) is 8.67. The maximum atomic E-state index is 6.26. The normalized spacial score (nSPS) is 19.5. The molecule has 0 bridgehead atoms. The van der Waals surface area contributed by atoms with Gasteiger partial charge in [-0.2, -0.15) is 0 Å². The Morgan fingerprint density at radius 3 is 3.00 bits per heavy atom. The maximum absolute atomic E-state index is 6.26. The molecule has 0 fully saturated rings. The van der Waals surface area contributed by atoms with Crippen molar-refractivity contribution in [1.82, 2.24) is 15.0 Å². The fourth-order valence-corrected chi connectivity index (χ4v) is 2.55. The first-order chi connectivity index (χ1) is 8.24. The van der Waals surface area contributed by atoms with Crippen LogP contribution in [-0.4, -0.2) is 21.0 Å². The van der Waals surface area contributed by atoms with Crippen LogP contribution in [0.2, 0.25) is 0 Å². The molecule has 3 rings (SSSR count). The van der Waals surface area contributed by atoms with Gasteiger partial charge < -0.3 is 5.73 Å². The van der Waals surface area contributed by atoms with Gasteiger partial charge in [-0.05, 0) is 17.5 Å². The van der Waals surface area contributed by atoms with Crippen LogP contribution in [0.25, 0.3) is 0 Å². The van der Waals surface area contributed by atoms with E-state index in [0.29, 0.717) is 5.92 Å². The van der Waals surface area contributed by atoms with E-state index >= 15 is 0 Å². The molecule has 1 aliphatic carbocycles. The van der Waals surface area contributed by atoms with Crippen molar-refractivity contribution in [2.75, 3.05) is 0 Å².